The number of hydrogen-bond acceptors (Lipinski definition) is 5. The van der Waals surface area contributed by atoms with Gasteiger partial charge in [0.2, 0.25) is 0 Å². The van der Waals surface area contributed by atoms with Crippen LogP contribution in [0.2, 0.25) is 5.02 Å². The van der Waals surface area contributed by atoms with E-state index in [0.717, 1.165) is 5.56 Å². The van der Waals surface area contributed by atoms with Crippen molar-refractivity contribution in [3.05, 3.63) is 98.8 Å². The number of nitro benzene ring substituents is 1. The molecule has 0 aliphatic rings. The van der Waals surface area contributed by atoms with Crippen molar-refractivity contribution in [1.29, 1.82) is 0 Å². The zero-order valence-electron chi connectivity index (χ0n) is 16.5. The first-order valence-corrected chi connectivity index (χ1v) is 9.75. The van der Waals surface area contributed by atoms with E-state index in [9.17, 15) is 14.5 Å². The molecule has 6 nitrogen and oxygen atoms in total. The Morgan fingerprint density at radius 2 is 1.71 bits per heavy atom. The maximum atomic E-state index is 13.8. The van der Waals surface area contributed by atoms with Gasteiger partial charge in [-0.2, -0.15) is 0 Å². The van der Waals surface area contributed by atoms with Gasteiger partial charge >= 0.3 is 0 Å². The first-order valence-electron chi connectivity index (χ1n) is 9.37. The molecule has 0 saturated carbocycles. The highest BCUT2D eigenvalue weighted by atomic mass is 35.5. The lowest BCUT2D eigenvalue weighted by Gasteiger charge is -2.13. The van der Waals surface area contributed by atoms with Crippen LogP contribution >= 0.6 is 24.0 Å². The molecule has 0 fully saturated rings. The number of ether oxygens (including phenoxy) is 1. The first kappa shape index (κ1) is 24.4. The third kappa shape index (κ3) is 7.10. The minimum atomic E-state index is -0.483. The summed E-state index contributed by atoms with van der Waals surface area (Å²) < 4.78 is 19.6. The molecule has 31 heavy (non-hydrogen) atoms. The normalized spacial score (nSPS) is 10.3. The largest absolute Gasteiger partial charge is 0.488 e. The van der Waals surface area contributed by atoms with Gasteiger partial charge in [-0.1, -0.05) is 48.0 Å². The Balaban J connectivity index is 0.00000341. The van der Waals surface area contributed by atoms with Crippen LogP contribution in [0, 0.1) is 15.9 Å². The molecule has 3 rings (SSSR count). The molecular weight excluding hydrogens is 444 g/mol. The number of non-ortho nitro benzene ring substituents is 1. The fraction of sp³-hybridized carbons (Fsp3) is 0.182. The average molecular weight is 466 g/mol. The lowest BCUT2D eigenvalue weighted by molar-refractivity contribution is -0.384. The van der Waals surface area contributed by atoms with Crippen molar-refractivity contribution in [2.24, 2.45) is 0 Å². The van der Waals surface area contributed by atoms with Crippen LogP contribution in [0.5, 0.6) is 5.75 Å². The SMILES string of the molecule is Cl.O=[N+]([O-])c1ccc(NCCNCc2ccccc2OCc2ccccc2F)c(Cl)c1. The van der Waals surface area contributed by atoms with E-state index < -0.39 is 4.92 Å². The highest BCUT2D eigenvalue weighted by Crippen LogP contribution is 2.26. The highest BCUT2D eigenvalue weighted by molar-refractivity contribution is 6.33. The topological polar surface area (TPSA) is 76.4 Å². The van der Waals surface area contributed by atoms with Crippen molar-refractivity contribution in [1.82, 2.24) is 5.32 Å². The van der Waals surface area contributed by atoms with Gasteiger partial charge in [0, 0.05) is 42.9 Å². The van der Waals surface area contributed by atoms with Gasteiger partial charge in [-0.15, -0.1) is 12.4 Å². The van der Waals surface area contributed by atoms with Crippen molar-refractivity contribution in [2.75, 3.05) is 18.4 Å². The van der Waals surface area contributed by atoms with Gasteiger partial charge in [0.05, 0.1) is 15.6 Å². The second-order valence-electron chi connectivity index (χ2n) is 6.51. The van der Waals surface area contributed by atoms with Crippen LogP contribution in [0.1, 0.15) is 11.1 Å². The van der Waals surface area contributed by atoms with Gasteiger partial charge in [-0.25, -0.2) is 4.39 Å². The highest BCUT2D eigenvalue weighted by Gasteiger charge is 2.09. The van der Waals surface area contributed by atoms with Gasteiger partial charge in [-0.3, -0.25) is 10.1 Å². The summed E-state index contributed by atoms with van der Waals surface area (Å²) in [5, 5.41) is 17.5. The second-order valence-corrected chi connectivity index (χ2v) is 6.92. The number of nitrogens with zero attached hydrogens (tertiary/aromatic N) is 1. The second kappa shape index (κ2) is 12.1. The maximum absolute atomic E-state index is 13.8. The minimum Gasteiger partial charge on any atom is -0.488 e. The molecule has 0 aromatic heterocycles. The quantitative estimate of drug-likeness (QED) is 0.232. The summed E-state index contributed by atoms with van der Waals surface area (Å²) in [6.07, 6.45) is 0. The fourth-order valence-electron chi connectivity index (χ4n) is 2.83. The van der Waals surface area contributed by atoms with Crippen molar-refractivity contribution in [3.8, 4) is 5.75 Å². The number of halogens is 3. The van der Waals surface area contributed by atoms with Crippen molar-refractivity contribution in [3.63, 3.8) is 0 Å². The van der Waals surface area contributed by atoms with E-state index in [1.54, 1.807) is 24.3 Å². The molecule has 3 aromatic rings. The van der Waals surface area contributed by atoms with Gasteiger partial charge < -0.3 is 15.4 Å². The van der Waals surface area contributed by atoms with Gasteiger partial charge in [0.25, 0.3) is 5.69 Å². The molecule has 3 aromatic carbocycles. The number of para-hydroxylation sites is 1. The van der Waals surface area contributed by atoms with Crippen LogP contribution in [0.4, 0.5) is 15.8 Å². The predicted octanol–water partition coefficient (Wildman–Crippen LogP) is 5.59. The maximum Gasteiger partial charge on any atom is 0.271 e. The Bertz CT molecular complexity index is 1020. The Kier molecular flexibility index (Phi) is 9.52. The van der Waals surface area contributed by atoms with Crippen LogP contribution < -0.4 is 15.4 Å². The molecule has 0 saturated heterocycles. The van der Waals surface area contributed by atoms with Crippen molar-refractivity contribution < 1.29 is 14.1 Å². The molecule has 0 aliphatic carbocycles. The monoisotopic (exact) mass is 465 g/mol. The summed E-state index contributed by atoms with van der Waals surface area (Å²) >= 11 is 6.07. The van der Waals surface area contributed by atoms with E-state index in [4.69, 9.17) is 16.3 Å². The minimum absolute atomic E-state index is 0. The zero-order valence-corrected chi connectivity index (χ0v) is 18.1. The molecule has 0 radical (unpaired) electrons. The number of anilines is 1. The molecule has 0 heterocycles. The van der Waals surface area contributed by atoms with Crippen molar-refractivity contribution >= 4 is 35.4 Å². The third-order valence-electron chi connectivity index (χ3n) is 4.41. The summed E-state index contributed by atoms with van der Waals surface area (Å²) in [6, 6.07) is 18.4. The van der Waals surface area contributed by atoms with E-state index in [-0.39, 0.29) is 30.5 Å². The van der Waals surface area contributed by atoms with E-state index in [2.05, 4.69) is 10.6 Å². The summed E-state index contributed by atoms with van der Waals surface area (Å²) in [5.41, 5.74) is 2.06. The molecular formula is C22H22Cl2FN3O3. The molecule has 0 amide bonds. The number of nitro groups is 1. The van der Waals surface area contributed by atoms with Crippen LogP contribution in [0.3, 0.4) is 0 Å². The molecule has 0 bridgehead atoms. The van der Waals surface area contributed by atoms with Crippen molar-refractivity contribution in [2.45, 2.75) is 13.2 Å². The van der Waals surface area contributed by atoms with Crippen LogP contribution in [0.15, 0.2) is 66.7 Å². The Morgan fingerprint density at radius 3 is 2.42 bits per heavy atom. The van der Waals surface area contributed by atoms with Crippen LogP contribution in [-0.4, -0.2) is 18.0 Å². The predicted molar refractivity (Wildman–Crippen MR) is 123 cm³/mol. The Labute approximate surface area is 190 Å². The van der Waals surface area contributed by atoms with Gasteiger partial charge in [0.1, 0.15) is 18.2 Å². The molecule has 0 spiro atoms. The molecule has 0 atom stereocenters. The average Bonchev–Trinajstić information content (AvgIpc) is 2.74. The molecule has 2 N–H and O–H groups in total. The summed E-state index contributed by atoms with van der Waals surface area (Å²) in [4.78, 5) is 10.3. The lowest BCUT2D eigenvalue weighted by atomic mass is 10.2. The summed E-state index contributed by atoms with van der Waals surface area (Å²) in [7, 11) is 0. The first-order chi connectivity index (χ1) is 14.5. The standard InChI is InChI=1S/C22H21ClFN3O3.ClH/c23-19-13-18(27(28)29)9-10-21(19)26-12-11-25-14-16-5-2-4-8-22(16)30-15-17-6-1-3-7-20(17)24;/h1-10,13,25-26H,11-12,14-15H2;1H. The number of rotatable bonds is 10. The summed E-state index contributed by atoms with van der Waals surface area (Å²) in [6.45, 7) is 1.94. The van der Waals surface area contributed by atoms with Gasteiger partial charge in [0.15, 0.2) is 0 Å². The molecule has 9 heteroatoms. The lowest BCUT2D eigenvalue weighted by Crippen LogP contribution is -2.22. The van der Waals surface area contributed by atoms with Crippen LogP contribution in [-0.2, 0) is 13.2 Å². The Morgan fingerprint density at radius 1 is 1.00 bits per heavy atom. The van der Waals surface area contributed by atoms with Crippen LogP contribution in [0.25, 0.3) is 0 Å². The number of benzene rings is 3. The van der Waals surface area contributed by atoms with E-state index in [0.29, 0.717) is 41.7 Å². The van der Waals surface area contributed by atoms with Gasteiger partial charge in [-0.05, 0) is 18.2 Å². The van der Waals surface area contributed by atoms with E-state index in [1.807, 2.05) is 24.3 Å². The molecule has 0 unspecified atom stereocenters. The zero-order chi connectivity index (χ0) is 21.3. The number of nitrogens with one attached hydrogen (secondary N) is 2. The Hall–Kier alpha value is -2.87. The molecule has 164 valence electrons. The van der Waals surface area contributed by atoms with E-state index >= 15 is 0 Å². The number of hydrogen-bond donors (Lipinski definition) is 2. The van der Waals surface area contributed by atoms with E-state index in [1.165, 1.54) is 18.2 Å². The molecule has 0 aliphatic heterocycles. The third-order valence-corrected chi connectivity index (χ3v) is 4.72. The summed E-state index contributed by atoms with van der Waals surface area (Å²) in [5.74, 6) is 0.406. The fourth-order valence-corrected chi connectivity index (χ4v) is 3.07. The smallest absolute Gasteiger partial charge is 0.271 e.